The number of ether oxygens (including phenoxy) is 1. The zero-order valence-corrected chi connectivity index (χ0v) is 14.8. The van der Waals surface area contributed by atoms with Gasteiger partial charge in [-0.2, -0.15) is 0 Å². The molecule has 6 heteroatoms. The van der Waals surface area contributed by atoms with Gasteiger partial charge in [-0.3, -0.25) is 9.89 Å². The highest BCUT2D eigenvalue weighted by Gasteiger charge is 2.16. The van der Waals surface area contributed by atoms with Crippen LogP contribution in [0.2, 0.25) is 0 Å². The molecule has 0 unspecified atom stereocenters. The van der Waals surface area contributed by atoms with Crippen LogP contribution in [0.4, 0.5) is 5.69 Å². The Morgan fingerprint density at radius 3 is 3.12 bits per heavy atom. The van der Waals surface area contributed by atoms with E-state index in [1.165, 1.54) is 10.4 Å². The van der Waals surface area contributed by atoms with Crippen molar-refractivity contribution in [2.24, 2.45) is 10.7 Å². The smallest absolute Gasteiger partial charge is 0.193 e. The second-order valence-corrected chi connectivity index (χ2v) is 6.88. The average Bonchev–Trinajstić information content (AvgIpc) is 3.04. The minimum Gasteiger partial charge on any atom is -0.380 e. The maximum Gasteiger partial charge on any atom is 0.193 e. The molecule has 0 aliphatic carbocycles. The van der Waals surface area contributed by atoms with Crippen LogP contribution in [0, 0.1) is 0 Å². The predicted octanol–water partition coefficient (Wildman–Crippen LogP) is 2.68. The minimum atomic E-state index is 0.451. The van der Waals surface area contributed by atoms with E-state index in [4.69, 9.17) is 10.5 Å². The third-order valence-electron chi connectivity index (χ3n) is 4.17. The van der Waals surface area contributed by atoms with Crippen LogP contribution in [0.1, 0.15) is 16.0 Å². The Labute approximate surface area is 147 Å². The van der Waals surface area contributed by atoms with Gasteiger partial charge in [0.05, 0.1) is 13.2 Å². The van der Waals surface area contributed by atoms with Crippen molar-refractivity contribution in [1.29, 1.82) is 0 Å². The van der Waals surface area contributed by atoms with Gasteiger partial charge < -0.3 is 15.8 Å². The first-order valence-corrected chi connectivity index (χ1v) is 9.05. The fourth-order valence-corrected chi connectivity index (χ4v) is 3.80. The molecule has 1 aliphatic rings. The molecule has 1 aromatic heterocycles. The van der Waals surface area contributed by atoms with Crippen LogP contribution in [-0.4, -0.2) is 37.6 Å². The molecule has 2 heterocycles. The standard InChI is InChI=1S/C18H24N4OS/c1-23-13-15-4-2-3-5-16(15)21-18(19)20-8-10-22-9-6-17-14(12-22)7-11-24-17/h2-5,7,11H,6,8-10,12-13H2,1H3,(H3,19,20,21). The van der Waals surface area contributed by atoms with Crippen molar-refractivity contribution in [3.05, 3.63) is 51.7 Å². The number of rotatable bonds is 6. The summed E-state index contributed by atoms with van der Waals surface area (Å²) in [6.45, 7) is 4.31. The molecule has 0 spiro atoms. The molecule has 2 aromatic rings. The van der Waals surface area contributed by atoms with E-state index in [2.05, 4.69) is 26.7 Å². The lowest BCUT2D eigenvalue weighted by Crippen LogP contribution is -2.32. The summed E-state index contributed by atoms with van der Waals surface area (Å²) in [4.78, 5) is 8.43. The van der Waals surface area contributed by atoms with Gasteiger partial charge in [0.1, 0.15) is 0 Å². The molecule has 0 saturated heterocycles. The summed E-state index contributed by atoms with van der Waals surface area (Å²) in [5.74, 6) is 0.451. The number of methoxy groups -OCH3 is 1. The molecule has 0 radical (unpaired) electrons. The highest BCUT2D eigenvalue weighted by atomic mass is 32.1. The number of guanidine groups is 1. The quantitative estimate of drug-likeness (QED) is 0.625. The number of aliphatic imine (C=N–C) groups is 1. The van der Waals surface area contributed by atoms with Crippen LogP contribution in [0.3, 0.4) is 0 Å². The summed E-state index contributed by atoms with van der Waals surface area (Å²) in [5, 5.41) is 5.36. The number of benzene rings is 1. The number of hydrogen-bond acceptors (Lipinski definition) is 4. The Kier molecular flexibility index (Phi) is 5.85. The van der Waals surface area contributed by atoms with Crippen LogP contribution in [0.25, 0.3) is 0 Å². The van der Waals surface area contributed by atoms with Gasteiger partial charge >= 0.3 is 0 Å². The summed E-state index contributed by atoms with van der Waals surface area (Å²) in [5.41, 5.74) is 9.51. The van der Waals surface area contributed by atoms with E-state index in [1.54, 1.807) is 7.11 Å². The molecule has 0 amide bonds. The number of nitrogens with two attached hydrogens (primary N) is 1. The van der Waals surface area contributed by atoms with Crippen LogP contribution >= 0.6 is 11.3 Å². The van der Waals surface area contributed by atoms with Crippen LogP contribution in [0.5, 0.6) is 0 Å². The topological polar surface area (TPSA) is 62.9 Å². The second-order valence-electron chi connectivity index (χ2n) is 5.88. The van der Waals surface area contributed by atoms with Crippen molar-refractivity contribution in [1.82, 2.24) is 4.90 Å². The first-order valence-electron chi connectivity index (χ1n) is 8.17. The van der Waals surface area contributed by atoms with Gasteiger partial charge in [-0.25, -0.2) is 0 Å². The van der Waals surface area contributed by atoms with Crippen molar-refractivity contribution in [2.75, 3.05) is 32.1 Å². The molecule has 1 aliphatic heterocycles. The Morgan fingerprint density at radius 1 is 1.38 bits per heavy atom. The van der Waals surface area contributed by atoms with E-state index in [0.29, 0.717) is 19.1 Å². The highest BCUT2D eigenvalue weighted by molar-refractivity contribution is 7.10. The molecule has 5 nitrogen and oxygen atoms in total. The van der Waals surface area contributed by atoms with Crippen molar-refractivity contribution in [3.63, 3.8) is 0 Å². The molecule has 24 heavy (non-hydrogen) atoms. The predicted molar refractivity (Wildman–Crippen MR) is 101 cm³/mol. The fraction of sp³-hybridized carbons (Fsp3) is 0.389. The van der Waals surface area contributed by atoms with Gasteiger partial charge in [0.25, 0.3) is 0 Å². The summed E-state index contributed by atoms with van der Waals surface area (Å²) < 4.78 is 5.21. The number of nitrogens with one attached hydrogen (secondary N) is 1. The highest BCUT2D eigenvalue weighted by Crippen LogP contribution is 2.23. The maximum absolute atomic E-state index is 6.03. The summed E-state index contributed by atoms with van der Waals surface area (Å²) in [6.07, 6.45) is 1.15. The molecular formula is C18H24N4OS. The third kappa shape index (κ3) is 4.35. The molecule has 0 saturated carbocycles. The Morgan fingerprint density at radius 2 is 2.25 bits per heavy atom. The number of para-hydroxylation sites is 1. The normalized spacial score (nSPS) is 15.3. The lowest BCUT2D eigenvalue weighted by atomic mass is 10.1. The number of hydrogen-bond donors (Lipinski definition) is 2. The maximum atomic E-state index is 6.03. The van der Waals surface area contributed by atoms with Gasteiger partial charge in [0.2, 0.25) is 0 Å². The second kappa shape index (κ2) is 8.28. The van der Waals surface area contributed by atoms with Gasteiger partial charge in [0, 0.05) is 42.9 Å². The molecule has 0 bridgehead atoms. The number of thiophene rings is 1. The van der Waals surface area contributed by atoms with Gasteiger partial charge in [-0.1, -0.05) is 18.2 Å². The van der Waals surface area contributed by atoms with Crippen molar-refractivity contribution in [2.45, 2.75) is 19.6 Å². The first-order chi connectivity index (χ1) is 11.8. The lowest BCUT2D eigenvalue weighted by molar-refractivity contribution is 0.185. The molecule has 0 atom stereocenters. The summed E-state index contributed by atoms with van der Waals surface area (Å²) in [7, 11) is 1.69. The van der Waals surface area contributed by atoms with Crippen LogP contribution in [-0.2, 0) is 24.3 Å². The van der Waals surface area contributed by atoms with Gasteiger partial charge in [0.15, 0.2) is 5.96 Å². The van der Waals surface area contributed by atoms with E-state index < -0.39 is 0 Å². The average molecular weight is 344 g/mol. The first kappa shape index (κ1) is 17.0. The third-order valence-corrected chi connectivity index (χ3v) is 5.19. The molecule has 3 rings (SSSR count). The Balaban J connectivity index is 1.50. The van der Waals surface area contributed by atoms with E-state index >= 15 is 0 Å². The number of anilines is 1. The minimum absolute atomic E-state index is 0.451. The van der Waals surface area contributed by atoms with E-state index in [0.717, 1.165) is 37.3 Å². The van der Waals surface area contributed by atoms with Crippen molar-refractivity contribution < 1.29 is 4.74 Å². The molecule has 1 aromatic carbocycles. The molecule has 3 N–H and O–H groups in total. The van der Waals surface area contributed by atoms with E-state index in [-0.39, 0.29) is 0 Å². The summed E-state index contributed by atoms with van der Waals surface area (Å²) in [6, 6.07) is 10.2. The Bertz CT molecular complexity index is 698. The van der Waals surface area contributed by atoms with Crippen LogP contribution in [0.15, 0.2) is 40.7 Å². The van der Waals surface area contributed by atoms with Crippen molar-refractivity contribution in [3.8, 4) is 0 Å². The SMILES string of the molecule is COCc1ccccc1NC(N)=NCCN1CCc2sccc2C1. The van der Waals surface area contributed by atoms with Gasteiger partial charge in [-0.05, 0) is 29.5 Å². The molecular weight excluding hydrogens is 320 g/mol. The summed E-state index contributed by atoms with van der Waals surface area (Å²) >= 11 is 1.87. The fourth-order valence-electron chi connectivity index (χ4n) is 2.91. The van der Waals surface area contributed by atoms with Gasteiger partial charge in [-0.15, -0.1) is 11.3 Å². The monoisotopic (exact) mass is 344 g/mol. The van der Waals surface area contributed by atoms with E-state index in [1.807, 2.05) is 35.6 Å². The van der Waals surface area contributed by atoms with E-state index in [9.17, 15) is 0 Å². The number of nitrogens with zero attached hydrogens (tertiary/aromatic N) is 2. The zero-order valence-electron chi connectivity index (χ0n) is 14.0. The van der Waals surface area contributed by atoms with Crippen LogP contribution < -0.4 is 11.1 Å². The largest absolute Gasteiger partial charge is 0.380 e. The Hall–Kier alpha value is -1.89. The molecule has 128 valence electrons. The molecule has 0 fully saturated rings. The zero-order chi connectivity index (χ0) is 16.8. The van der Waals surface area contributed by atoms with Crippen molar-refractivity contribution >= 4 is 23.0 Å². The number of fused-ring (bicyclic) bond motifs is 1. The lowest BCUT2D eigenvalue weighted by Gasteiger charge is -2.26.